The third kappa shape index (κ3) is 5.66. The number of carbonyl (C=O) groups is 2. The number of benzene rings is 3. The van der Waals surface area contributed by atoms with Gasteiger partial charge in [-0.15, -0.1) is 0 Å². The molecule has 0 aliphatic carbocycles. The lowest BCUT2D eigenvalue weighted by molar-refractivity contribution is -0.133. The molecule has 0 aliphatic rings. The zero-order valence-electron chi connectivity index (χ0n) is 14.5. The van der Waals surface area contributed by atoms with Crippen LogP contribution in [0.15, 0.2) is 84.9 Å². The Bertz CT molecular complexity index is 943. The molecule has 0 heterocycles. The fourth-order valence-corrected chi connectivity index (χ4v) is 2.59. The van der Waals surface area contributed by atoms with Gasteiger partial charge < -0.3 is 4.74 Å². The predicted molar refractivity (Wildman–Crippen MR) is 107 cm³/mol. The molecule has 27 heavy (non-hydrogen) atoms. The van der Waals surface area contributed by atoms with Crippen LogP contribution in [0.2, 0.25) is 5.02 Å². The second-order valence-electron chi connectivity index (χ2n) is 5.91. The number of hydrogen-bond donors (Lipinski definition) is 0. The summed E-state index contributed by atoms with van der Waals surface area (Å²) in [6, 6.07) is 23.2. The fourth-order valence-electron chi connectivity index (χ4n) is 2.46. The summed E-state index contributed by atoms with van der Waals surface area (Å²) in [5.41, 5.74) is 2.31. The van der Waals surface area contributed by atoms with Crippen LogP contribution in [0.3, 0.4) is 0 Å². The van der Waals surface area contributed by atoms with E-state index in [1.54, 1.807) is 54.6 Å². The third-order valence-electron chi connectivity index (χ3n) is 3.86. The van der Waals surface area contributed by atoms with Gasteiger partial charge in [0.1, 0.15) is 5.75 Å². The minimum Gasteiger partial charge on any atom is -0.426 e. The van der Waals surface area contributed by atoms with Crippen molar-refractivity contribution >= 4 is 29.4 Å². The molecule has 134 valence electrons. The lowest BCUT2D eigenvalue weighted by Crippen LogP contribution is -2.11. The van der Waals surface area contributed by atoms with Crippen molar-refractivity contribution in [3.8, 4) is 5.75 Å². The van der Waals surface area contributed by atoms with Gasteiger partial charge in [0, 0.05) is 10.6 Å². The quantitative estimate of drug-likeness (QED) is 0.251. The van der Waals surface area contributed by atoms with Gasteiger partial charge in [0.25, 0.3) is 0 Å². The van der Waals surface area contributed by atoms with E-state index >= 15 is 0 Å². The van der Waals surface area contributed by atoms with Crippen molar-refractivity contribution in [1.29, 1.82) is 0 Å². The topological polar surface area (TPSA) is 43.4 Å². The standard InChI is InChI=1S/C23H17ClO3/c24-20-11-9-19(10-12-20)22(25)15-8-17-6-13-21(14-7-17)27-23(26)16-18-4-2-1-3-5-18/h1-15H,16H2/b15-8+. The Kier molecular flexibility index (Phi) is 6.18. The van der Waals surface area contributed by atoms with E-state index in [2.05, 4.69) is 0 Å². The lowest BCUT2D eigenvalue weighted by atomic mass is 10.1. The van der Waals surface area contributed by atoms with Crippen LogP contribution in [0.1, 0.15) is 21.5 Å². The maximum Gasteiger partial charge on any atom is 0.315 e. The summed E-state index contributed by atoms with van der Waals surface area (Å²) in [5, 5.41) is 0.591. The molecule has 3 nitrogen and oxygen atoms in total. The molecular formula is C23H17ClO3. The van der Waals surface area contributed by atoms with Crippen molar-refractivity contribution in [2.75, 3.05) is 0 Å². The van der Waals surface area contributed by atoms with Gasteiger partial charge in [0.05, 0.1) is 6.42 Å². The zero-order chi connectivity index (χ0) is 19.1. The third-order valence-corrected chi connectivity index (χ3v) is 4.11. The highest BCUT2D eigenvalue weighted by Gasteiger charge is 2.06. The number of halogens is 1. The van der Waals surface area contributed by atoms with E-state index in [-0.39, 0.29) is 18.2 Å². The van der Waals surface area contributed by atoms with E-state index in [0.717, 1.165) is 11.1 Å². The molecule has 0 N–H and O–H groups in total. The van der Waals surface area contributed by atoms with E-state index in [4.69, 9.17) is 16.3 Å². The first-order chi connectivity index (χ1) is 13.1. The number of ether oxygens (including phenoxy) is 1. The van der Waals surface area contributed by atoms with Crippen LogP contribution in [0.5, 0.6) is 5.75 Å². The highest BCUT2D eigenvalue weighted by atomic mass is 35.5. The minimum atomic E-state index is -0.317. The van der Waals surface area contributed by atoms with Crippen LogP contribution in [0, 0.1) is 0 Å². The molecule has 3 aromatic carbocycles. The van der Waals surface area contributed by atoms with Crippen molar-refractivity contribution in [2.45, 2.75) is 6.42 Å². The Hall–Kier alpha value is -3.17. The van der Waals surface area contributed by atoms with Crippen molar-refractivity contribution < 1.29 is 14.3 Å². The summed E-state index contributed by atoms with van der Waals surface area (Å²) in [7, 11) is 0. The minimum absolute atomic E-state index is 0.106. The van der Waals surface area contributed by atoms with Gasteiger partial charge in [-0.05, 0) is 53.6 Å². The van der Waals surface area contributed by atoms with Gasteiger partial charge in [0.2, 0.25) is 0 Å². The van der Waals surface area contributed by atoms with Gasteiger partial charge in [-0.2, -0.15) is 0 Å². The van der Waals surface area contributed by atoms with Gasteiger partial charge in [0.15, 0.2) is 5.78 Å². The maximum absolute atomic E-state index is 12.1. The lowest BCUT2D eigenvalue weighted by Gasteiger charge is -2.05. The Balaban J connectivity index is 1.57. The average molecular weight is 377 g/mol. The molecule has 0 bridgehead atoms. The van der Waals surface area contributed by atoms with Gasteiger partial charge in [-0.1, -0.05) is 60.1 Å². The van der Waals surface area contributed by atoms with Crippen molar-refractivity contribution in [3.63, 3.8) is 0 Å². The van der Waals surface area contributed by atoms with E-state index in [0.29, 0.717) is 16.3 Å². The number of carbonyl (C=O) groups excluding carboxylic acids is 2. The van der Waals surface area contributed by atoms with Gasteiger partial charge >= 0.3 is 5.97 Å². The Morgan fingerprint density at radius 2 is 1.52 bits per heavy atom. The molecular weight excluding hydrogens is 360 g/mol. The first kappa shape index (κ1) is 18.6. The second kappa shape index (κ2) is 8.97. The zero-order valence-corrected chi connectivity index (χ0v) is 15.2. The highest BCUT2D eigenvalue weighted by Crippen LogP contribution is 2.15. The molecule has 4 heteroatoms. The Morgan fingerprint density at radius 1 is 0.852 bits per heavy atom. The molecule has 0 aliphatic heterocycles. The van der Waals surface area contributed by atoms with Crippen molar-refractivity contribution in [1.82, 2.24) is 0 Å². The number of ketones is 1. The molecule has 3 aromatic rings. The van der Waals surface area contributed by atoms with Crippen molar-refractivity contribution in [2.24, 2.45) is 0 Å². The summed E-state index contributed by atoms with van der Waals surface area (Å²) in [6.07, 6.45) is 3.43. The van der Waals surface area contributed by atoms with E-state index in [1.165, 1.54) is 6.08 Å². The molecule has 0 aromatic heterocycles. The number of hydrogen-bond acceptors (Lipinski definition) is 3. The Morgan fingerprint density at radius 3 is 2.19 bits per heavy atom. The van der Waals surface area contributed by atoms with Crippen molar-refractivity contribution in [3.05, 3.63) is 107 Å². The van der Waals surface area contributed by atoms with Crippen LogP contribution >= 0.6 is 11.6 Å². The summed E-state index contributed by atoms with van der Waals surface area (Å²) in [4.78, 5) is 24.1. The number of allylic oxidation sites excluding steroid dienone is 1. The SMILES string of the molecule is O=C(Cc1ccccc1)Oc1ccc(/C=C/C(=O)c2ccc(Cl)cc2)cc1. The fraction of sp³-hybridized carbons (Fsp3) is 0.0435. The van der Waals surface area contributed by atoms with E-state index in [1.807, 2.05) is 30.3 Å². The highest BCUT2D eigenvalue weighted by molar-refractivity contribution is 6.30. The van der Waals surface area contributed by atoms with Crippen LogP contribution < -0.4 is 4.74 Å². The van der Waals surface area contributed by atoms with Crippen LogP contribution in [-0.2, 0) is 11.2 Å². The molecule has 0 fully saturated rings. The molecule has 0 radical (unpaired) electrons. The molecule has 3 rings (SSSR count). The number of esters is 1. The maximum atomic E-state index is 12.1. The van der Waals surface area contributed by atoms with Crippen LogP contribution in [0.4, 0.5) is 0 Å². The molecule has 0 atom stereocenters. The van der Waals surface area contributed by atoms with Gasteiger partial charge in [-0.25, -0.2) is 0 Å². The molecule has 0 amide bonds. The summed E-state index contributed by atoms with van der Waals surface area (Å²) < 4.78 is 5.34. The Labute approximate surface area is 162 Å². The van der Waals surface area contributed by atoms with E-state index < -0.39 is 0 Å². The molecule has 0 saturated heterocycles. The first-order valence-electron chi connectivity index (χ1n) is 8.43. The first-order valence-corrected chi connectivity index (χ1v) is 8.80. The molecule has 0 spiro atoms. The molecule has 0 unspecified atom stereocenters. The summed E-state index contributed by atoms with van der Waals surface area (Å²) in [5.74, 6) is 0.0459. The largest absolute Gasteiger partial charge is 0.426 e. The number of rotatable bonds is 6. The monoisotopic (exact) mass is 376 g/mol. The second-order valence-corrected chi connectivity index (χ2v) is 6.35. The predicted octanol–water partition coefficient (Wildman–Crippen LogP) is 5.38. The summed E-state index contributed by atoms with van der Waals surface area (Å²) in [6.45, 7) is 0. The summed E-state index contributed by atoms with van der Waals surface area (Å²) >= 11 is 5.82. The normalized spacial score (nSPS) is 10.7. The molecule has 0 saturated carbocycles. The van der Waals surface area contributed by atoms with Gasteiger partial charge in [-0.3, -0.25) is 9.59 Å². The average Bonchev–Trinajstić information content (AvgIpc) is 2.68. The van der Waals surface area contributed by atoms with Crippen LogP contribution in [0.25, 0.3) is 6.08 Å². The smallest absolute Gasteiger partial charge is 0.315 e. The van der Waals surface area contributed by atoms with Crippen LogP contribution in [-0.4, -0.2) is 11.8 Å². The van der Waals surface area contributed by atoms with E-state index in [9.17, 15) is 9.59 Å².